The van der Waals surface area contributed by atoms with Gasteiger partial charge >= 0.3 is 5.97 Å². The number of esters is 1. The van der Waals surface area contributed by atoms with E-state index in [9.17, 15) is 14.4 Å². The summed E-state index contributed by atoms with van der Waals surface area (Å²) in [5.74, 6) is -1.40. The molecule has 0 saturated heterocycles. The molecule has 6 nitrogen and oxygen atoms in total. The smallest absolute Gasteiger partial charge is 0.338 e. The second kappa shape index (κ2) is 10.6. The van der Waals surface area contributed by atoms with Gasteiger partial charge in [0.1, 0.15) is 10.6 Å². The number of nitrogens with one attached hydrogen (secondary N) is 1. The van der Waals surface area contributed by atoms with Crippen LogP contribution in [0.25, 0.3) is 0 Å². The van der Waals surface area contributed by atoms with Crippen molar-refractivity contribution in [2.75, 3.05) is 10.2 Å². The number of benzene rings is 3. The average Bonchev–Trinajstić information content (AvgIpc) is 3.06. The zero-order valence-corrected chi connectivity index (χ0v) is 21.9. The predicted molar refractivity (Wildman–Crippen MR) is 143 cm³/mol. The second-order valence-corrected chi connectivity index (χ2v) is 10.2. The highest BCUT2D eigenvalue weighted by molar-refractivity contribution is 8.04. The van der Waals surface area contributed by atoms with Gasteiger partial charge in [-0.05, 0) is 93.4 Å². The zero-order chi connectivity index (χ0) is 26.0. The summed E-state index contributed by atoms with van der Waals surface area (Å²) < 4.78 is 5.22. The van der Waals surface area contributed by atoms with Crippen molar-refractivity contribution < 1.29 is 19.1 Å². The van der Waals surface area contributed by atoms with Crippen molar-refractivity contribution in [2.24, 2.45) is 0 Å². The summed E-state index contributed by atoms with van der Waals surface area (Å²) >= 11 is 7.21. The summed E-state index contributed by atoms with van der Waals surface area (Å²) in [5.41, 5.74) is 3.59. The first-order chi connectivity index (χ1) is 17.1. The minimum absolute atomic E-state index is 0.192. The number of aryl methyl sites for hydroxylation is 2. The predicted octanol–water partition coefficient (Wildman–Crippen LogP) is 6.51. The molecular weight excluding hydrogens is 496 g/mol. The van der Waals surface area contributed by atoms with E-state index in [2.05, 4.69) is 5.32 Å². The van der Waals surface area contributed by atoms with Crippen LogP contribution in [0.15, 0.2) is 82.2 Å². The van der Waals surface area contributed by atoms with Gasteiger partial charge < -0.3 is 10.1 Å². The molecular formula is C28H25ClN2O4S. The maximum atomic E-state index is 13.6. The largest absolute Gasteiger partial charge is 0.459 e. The molecule has 0 aliphatic carbocycles. The van der Waals surface area contributed by atoms with Crippen LogP contribution in [0.5, 0.6) is 0 Å². The Bertz CT molecular complexity index is 1370. The number of nitrogens with zero attached hydrogens (tertiary/aromatic N) is 1. The minimum atomic E-state index is -0.477. The maximum absolute atomic E-state index is 13.6. The minimum Gasteiger partial charge on any atom is -0.459 e. The normalized spacial score (nSPS) is 13.6. The van der Waals surface area contributed by atoms with Crippen molar-refractivity contribution in [3.05, 3.63) is 99.0 Å². The van der Waals surface area contributed by atoms with Gasteiger partial charge in [0.05, 0.1) is 17.4 Å². The Kier molecular flexibility index (Phi) is 7.52. The van der Waals surface area contributed by atoms with Crippen molar-refractivity contribution in [2.45, 2.75) is 38.7 Å². The molecule has 184 valence electrons. The lowest BCUT2D eigenvalue weighted by Crippen LogP contribution is -2.32. The fourth-order valence-corrected chi connectivity index (χ4v) is 4.66. The fraction of sp³-hybridized carbons (Fsp3) is 0.179. The Balaban J connectivity index is 1.70. The van der Waals surface area contributed by atoms with Gasteiger partial charge in [-0.15, -0.1) is 0 Å². The summed E-state index contributed by atoms with van der Waals surface area (Å²) in [6, 6.07) is 19.2. The molecule has 0 atom stereocenters. The van der Waals surface area contributed by atoms with E-state index < -0.39 is 17.8 Å². The molecule has 1 N–H and O–H groups in total. The van der Waals surface area contributed by atoms with Crippen LogP contribution < -0.4 is 10.2 Å². The molecule has 36 heavy (non-hydrogen) atoms. The van der Waals surface area contributed by atoms with E-state index in [-0.39, 0.29) is 16.7 Å². The standard InChI is InChI=1S/C28H25ClN2O4S/c1-16(2)35-28(34)19-7-11-21(12-8-19)31-26(32)24(30-23-15-17(3)5-6-18(23)4)25(27(31)33)36-22-13-9-20(29)10-14-22/h5-16,30H,1-4H3. The molecule has 2 amide bonds. The van der Waals surface area contributed by atoms with Gasteiger partial charge in [-0.1, -0.05) is 35.5 Å². The van der Waals surface area contributed by atoms with E-state index in [1.165, 1.54) is 11.8 Å². The number of carbonyl (C=O) groups is 3. The number of halogens is 1. The SMILES string of the molecule is Cc1ccc(C)c(NC2=C(Sc3ccc(Cl)cc3)C(=O)N(c3ccc(C(=O)OC(C)C)cc3)C2=O)c1. The van der Waals surface area contributed by atoms with Gasteiger partial charge in [0.25, 0.3) is 11.8 Å². The van der Waals surface area contributed by atoms with E-state index in [0.29, 0.717) is 16.3 Å². The number of anilines is 2. The molecule has 0 aromatic heterocycles. The summed E-state index contributed by atoms with van der Waals surface area (Å²) in [6.07, 6.45) is -0.255. The summed E-state index contributed by atoms with van der Waals surface area (Å²) in [4.78, 5) is 41.5. The van der Waals surface area contributed by atoms with Crippen molar-refractivity contribution in [3.8, 4) is 0 Å². The highest BCUT2D eigenvalue weighted by Crippen LogP contribution is 2.38. The first-order valence-corrected chi connectivity index (χ1v) is 12.6. The third-order valence-corrected chi connectivity index (χ3v) is 6.77. The second-order valence-electron chi connectivity index (χ2n) is 8.65. The molecule has 0 unspecified atom stereocenters. The molecule has 0 radical (unpaired) electrons. The zero-order valence-electron chi connectivity index (χ0n) is 20.3. The number of ether oxygens (including phenoxy) is 1. The molecule has 0 saturated carbocycles. The molecule has 8 heteroatoms. The highest BCUT2D eigenvalue weighted by atomic mass is 35.5. The number of rotatable bonds is 7. The van der Waals surface area contributed by atoms with Gasteiger partial charge in [-0.3, -0.25) is 9.59 Å². The lowest BCUT2D eigenvalue weighted by molar-refractivity contribution is -0.120. The summed E-state index contributed by atoms with van der Waals surface area (Å²) in [5, 5.41) is 3.79. The summed E-state index contributed by atoms with van der Waals surface area (Å²) in [6.45, 7) is 7.43. The van der Waals surface area contributed by atoms with Gasteiger partial charge in [0, 0.05) is 15.6 Å². The average molecular weight is 521 g/mol. The van der Waals surface area contributed by atoms with Crippen LogP contribution in [0, 0.1) is 13.8 Å². The number of carbonyl (C=O) groups excluding carboxylic acids is 3. The summed E-state index contributed by atoms with van der Waals surface area (Å²) in [7, 11) is 0. The first-order valence-electron chi connectivity index (χ1n) is 11.4. The molecule has 1 aliphatic rings. The van der Waals surface area contributed by atoms with E-state index in [1.54, 1.807) is 62.4 Å². The Hall–Kier alpha value is -3.55. The molecule has 1 heterocycles. The first kappa shape index (κ1) is 25.5. The number of hydrogen-bond acceptors (Lipinski definition) is 6. The lowest BCUT2D eigenvalue weighted by Gasteiger charge is -2.16. The van der Waals surface area contributed by atoms with Crippen molar-refractivity contribution >= 4 is 52.5 Å². The van der Waals surface area contributed by atoms with Crippen molar-refractivity contribution in [3.63, 3.8) is 0 Å². The van der Waals surface area contributed by atoms with Gasteiger partial charge in [0.15, 0.2) is 0 Å². The molecule has 3 aromatic rings. The molecule has 3 aromatic carbocycles. The van der Waals surface area contributed by atoms with E-state index in [4.69, 9.17) is 16.3 Å². The van der Waals surface area contributed by atoms with E-state index in [0.717, 1.165) is 26.6 Å². The van der Waals surface area contributed by atoms with Crippen LogP contribution in [0.1, 0.15) is 35.3 Å². The number of thioether (sulfide) groups is 1. The van der Waals surface area contributed by atoms with Gasteiger partial charge in [0.2, 0.25) is 0 Å². The molecule has 4 rings (SSSR count). The number of imide groups is 1. The number of amides is 2. The quantitative estimate of drug-likeness (QED) is 0.282. The van der Waals surface area contributed by atoms with Gasteiger partial charge in [-0.25, -0.2) is 9.69 Å². The van der Waals surface area contributed by atoms with Crippen LogP contribution in [-0.4, -0.2) is 23.9 Å². The van der Waals surface area contributed by atoms with Crippen molar-refractivity contribution in [1.29, 1.82) is 0 Å². The van der Waals surface area contributed by atoms with Crippen molar-refractivity contribution in [1.82, 2.24) is 0 Å². The topological polar surface area (TPSA) is 75.7 Å². The van der Waals surface area contributed by atoms with Crippen LogP contribution >= 0.6 is 23.4 Å². The third kappa shape index (κ3) is 5.48. The molecule has 0 spiro atoms. The van der Waals surface area contributed by atoms with Crippen LogP contribution in [0.4, 0.5) is 11.4 Å². The Morgan fingerprint density at radius 3 is 2.25 bits per heavy atom. The van der Waals surface area contributed by atoms with Gasteiger partial charge in [-0.2, -0.15) is 0 Å². The fourth-order valence-electron chi connectivity index (χ4n) is 3.60. The van der Waals surface area contributed by atoms with E-state index >= 15 is 0 Å². The van der Waals surface area contributed by atoms with Crippen LogP contribution in [-0.2, 0) is 14.3 Å². The number of hydrogen-bond donors (Lipinski definition) is 1. The highest BCUT2D eigenvalue weighted by Gasteiger charge is 2.40. The maximum Gasteiger partial charge on any atom is 0.338 e. The molecule has 0 bridgehead atoms. The Morgan fingerprint density at radius 2 is 1.61 bits per heavy atom. The monoisotopic (exact) mass is 520 g/mol. The molecule has 1 aliphatic heterocycles. The van der Waals surface area contributed by atoms with E-state index in [1.807, 2.05) is 32.0 Å². The Labute approximate surface area is 219 Å². The third-order valence-electron chi connectivity index (χ3n) is 5.43. The van der Waals surface area contributed by atoms with Crippen LogP contribution in [0.2, 0.25) is 5.02 Å². The van der Waals surface area contributed by atoms with Crippen LogP contribution in [0.3, 0.4) is 0 Å². The lowest BCUT2D eigenvalue weighted by atomic mass is 10.1. The Morgan fingerprint density at radius 1 is 0.944 bits per heavy atom. The molecule has 0 fully saturated rings.